The van der Waals surface area contributed by atoms with Gasteiger partial charge >= 0.3 is 5.97 Å². The number of hydrogen-bond acceptors (Lipinski definition) is 4. The molecule has 1 aromatic carbocycles. The average Bonchev–Trinajstić information content (AvgIpc) is 2.94. The minimum Gasteiger partial charge on any atom is -0.477 e. The molecule has 2 aliphatic rings. The van der Waals surface area contributed by atoms with Crippen LogP contribution in [0, 0.1) is 5.82 Å². The number of halogens is 1. The van der Waals surface area contributed by atoms with Gasteiger partial charge in [-0.3, -0.25) is 4.79 Å². The van der Waals surface area contributed by atoms with E-state index < -0.39 is 17.2 Å². The molecule has 0 radical (unpaired) electrons. The number of carbonyl (C=O) groups is 1. The molecule has 126 valence electrons. The minimum absolute atomic E-state index is 0.159. The zero-order valence-corrected chi connectivity index (χ0v) is 13.3. The van der Waals surface area contributed by atoms with E-state index in [2.05, 4.69) is 12.2 Å². The van der Waals surface area contributed by atoms with Gasteiger partial charge in [0.05, 0.1) is 11.2 Å². The van der Waals surface area contributed by atoms with Crippen LogP contribution in [-0.4, -0.2) is 41.3 Å². The zero-order valence-electron chi connectivity index (χ0n) is 13.3. The van der Waals surface area contributed by atoms with Crippen molar-refractivity contribution in [2.24, 2.45) is 0 Å². The van der Waals surface area contributed by atoms with Crippen molar-refractivity contribution < 1.29 is 14.3 Å². The predicted molar refractivity (Wildman–Crippen MR) is 88.5 cm³/mol. The van der Waals surface area contributed by atoms with Gasteiger partial charge in [0, 0.05) is 49.4 Å². The molecule has 4 rings (SSSR count). The maximum absolute atomic E-state index is 14.9. The first-order valence-electron chi connectivity index (χ1n) is 8.07. The Morgan fingerprint density at radius 3 is 2.92 bits per heavy atom. The molecule has 7 heteroatoms. The second-order valence-electron chi connectivity index (χ2n) is 6.50. The Morgan fingerprint density at radius 1 is 1.42 bits per heavy atom. The van der Waals surface area contributed by atoms with Crippen LogP contribution in [0.15, 0.2) is 17.1 Å². The van der Waals surface area contributed by atoms with Gasteiger partial charge < -0.3 is 19.9 Å². The van der Waals surface area contributed by atoms with Crippen molar-refractivity contribution in [2.45, 2.75) is 25.9 Å². The summed E-state index contributed by atoms with van der Waals surface area (Å²) in [5, 5.41) is 12.7. The van der Waals surface area contributed by atoms with Gasteiger partial charge in [-0.05, 0) is 19.4 Å². The third kappa shape index (κ3) is 2.11. The van der Waals surface area contributed by atoms with Gasteiger partial charge in [0.25, 0.3) is 0 Å². The summed E-state index contributed by atoms with van der Waals surface area (Å²) in [6.45, 7) is 4.80. The lowest BCUT2D eigenvalue weighted by molar-refractivity contribution is 0.0695. The number of aromatic carboxylic acids is 1. The van der Waals surface area contributed by atoms with E-state index in [0.717, 1.165) is 12.1 Å². The van der Waals surface area contributed by atoms with Crippen LogP contribution in [0.5, 0.6) is 0 Å². The Bertz CT molecular complexity index is 922. The molecule has 2 aromatic rings. The number of pyridine rings is 1. The fourth-order valence-corrected chi connectivity index (χ4v) is 3.88. The maximum atomic E-state index is 14.9. The molecular weight excluding hydrogens is 313 g/mol. The monoisotopic (exact) mass is 331 g/mol. The highest BCUT2D eigenvalue weighted by molar-refractivity contribution is 5.95. The lowest BCUT2D eigenvalue weighted by Gasteiger charge is -2.35. The minimum atomic E-state index is -1.28. The van der Waals surface area contributed by atoms with E-state index in [4.69, 9.17) is 0 Å². The average molecular weight is 331 g/mol. The maximum Gasteiger partial charge on any atom is 0.341 e. The number of hydrogen-bond donors (Lipinski definition) is 2. The smallest absolute Gasteiger partial charge is 0.341 e. The summed E-state index contributed by atoms with van der Waals surface area (Å²) >= 11 is 0. The third-order valence-corrected chi connectivity index (χ3v) is 4.90. The van der Waals surface area contributed by atoms with Crippen LogP contribution in [0.1, 0.15) is 22.8 Å². The van der Waals surface area contributed by atoms with E-state index in [0.29, 0.717) is 37.3 Å². The molecule has 0 amide bonds. The molecule has 1 unspecified atom stereocenters. The number of anilines is 1. The summed E-state index contributed by atoms with van der Waals surface area (Å²) < 4.78 is 16.6. The van der Waals surface area contributed by atoms with Gasteiger partial charge in [0.2, 0.25) is 5.43 Å². The molecule has 2 N–H and O–H groups in total. The zero-order chi connectivity index (χ0) is 17.0. The fraction of sp³-hybridized carbons (Fsp3) is 0.412. The largest absolute Gasteiger partial charge is 0.477 e. The third-order valence-electron chi connectivity index (χ3n) is 4.90. The van der Waals surface area contributed by atoms with Crippen LogP contribution in [0.25, 0.3) is 10.9 Å². The van der Waals surface area contributed by atoms with E-state index >= 15 is 0 Å². The van der Waals surface area contributed by atoms with Crippen LogP contribution < -0.4 is 15.6 Å². The molecule has 2 aliphatic heterocycles. The summed E-state index contributed by atoms with van der Waals surface area (Å²) in [4.78, 5) is 25.7. The van der Waals surface area contributed by atoms with Crippen LogP contribution in [0.3, 0.4) is 0 Å². The quantitative estimate of drug-likeness (QED) is 0.865. The predicted octanol–water partition coefficient (Wildman–Crippen LogP) is 1.19. The first-order valence-corrected chi connectivity index (χ1v) is 8.07. The molecule has 6 nitrogen and oxygen atoms in total. The summed E-state index contributed by atoms with van der Waals surface area (Å²) in [5.74, 6) is -1.72. The van der Waals surface area contributed by atoms with Gasteiger partial charge in [-0.25, -0.2) is 9.18 Å². The highest BCUT2D eigenvalue weighted by atomic mass is 19.1. The first-order chi connectivity index (χ1) is 11.5. The van der Waals surface area contributed by atoms with Crippen molar-refractivity contribution in [3.05, 3.63) is 39.4 Å². The number of carboxylic acids is 1. The van der Waals surface area contributed by atoms with E-state index in [1.165, 1.54) is 12.3 Å². The number of rotatable bonds is 2. The number of aryl methyl sites for hydroxylation is 2. The molecule has 0 saturated carbocycles. The van der Waals surface area contributed by atoms with Gasteiger partial charge in [-0.15, -0.1) is 0 Å². The Labute approximate surface area is 137 Å². The summed E-state index contributed by atoms with van der Waals surface area (Å²) in [6.07, 6.45) is 1.98. The summed E-state index contributed by atoms with van der Waals surface area (Å²) in [7, 11) is 0. The lowest BCUT2D eigenvalue weighted by atomic mass is 10.0. The summed E-state index contributed by atoms with van der Waals surface area (Å²) in [6, 6.07) is 1.47. The van der Waals surface area contributed by atoms with E-state index in [1.54, 1.807) is 4.57 Å². The molecule has 0 bridgehead atoms. The molecule has 1 aromatic heterocycles. The molecule has 24 heavy (non-hydrogen) atoms. The Hall–Kier alpha value is -2.41. The normalized spacial score (nSPS) is 19.9. The molecule has 3 heterocycles. The van der Waals surface area contributed by atoms with Crippen molar-refractivity contribution in [3.8, 4) is 0 Å². The molecular formula is C17H18FN3O3. The lowest BCUT2D eigenvalue weighted by Crippen LogP contribution is -2.49. The van der Waals surface area contributed by atoms with Gasteiger partial charge in [-0.2, -0.15) is 0 Å². The SMILES string of the molecule is CC1CN(c2c(F)cc3c(=O)c(C(=O)O)cn4c3c2CC4)CCN1. The van der Waals surface area contributed by atoms with Crippen LogP contribution in [0.4, 0.5) is 10.1 Å². The van der Waals surface area contributed by atoms with Crippen LogP contribution in [-0.2, 0) is 13.0 Å². The van der Waals surface area contributed by atoms with Gasteiger partial charge in [-0.1, -0.05) is 0 Å². The molecule has 1 fully saturated rings. The Kier molecular flexibility index (Phi) is 3.35. The highest BCUT2D eigenvalue weighted by Gasteiger charge is 2.29. The van der Waals surface area contributed by atoms with Crippen molar-refractivity contribution in [3.63, 3.8) is 0 Å². The number of aromatic nitrogens is 1. The topological polar surface area (TPSA) is 74.6 Å². The molecule has 0 aliphatic carbocycles. The van der Waals surface area contributed by atoms with E-state index in [1.807, 2.05) is 4.90 Å². The number of piperazine rings is 1. The van der Waals surface area contributed by atoms with E-state index in [9.17, 15) is 19.1 Å². The molecule has 1 saturated heterocycles. The highest BCUT2D eigenvalue weighted by Crippen LogP contribution is 2.35. The second-order valence-corrected chi connectivity index (χ2v) is 6.50. The fourth-order valence-electron chi connectivity index (χ4n) is 3.88. The first kappa shape index (κ1) is 15.1. The van der Waals surface area contributed by atoms with Crippen molar-refractivity contribution >= 4 is 22.6 Å². The van der Waals surface area contributed by atoms with Gasteiger partial charge in [0.1, 0.15) is 11.4 Å². The number of benzene rings is 1. The van der Waals surface area contributed by atoms with Crippen molar-refractivity contribution in [1.82, 2.24) is 9.88 Å². The standard InChI is InChI=1S/C17H18FN3O3/c1-9-7-21(5-3-19-9)15-10-2-4-20-8-12(17(23)24)16(22)11(14(10)20)6-13(15)18/h6,8-9,19H,2-5,7H2,1H3,(H,23,24). The molecule has 0 spiro atoms. The van der Waals surface area contributed by atoms with Crippen LogP contribution in [0.2, 0.25) is 0 Å². The number of carboxylic acid groups (broad SMARTS) is 1. The van der Waals surface area contributed by atoms with Crippen LogP contribution >= 0.6 is 0 Å². The molecule has 1 atom stereocenters. The number of nitrogens with zero attached hydrogens (tertiary/aromatic N) is 2. The Morgan fingerprint density at radius 2 is 2.21 bits per heavy atom. The van der Waals surface area contributed by atoms with Gasteiger partial charge in [0.15, 0.2) is 0 Å². The second kappa shape index (κ2) is 5.31. The number of nitrogens with one attached hydrogen (secondary N) is 1. The Balaban J connectivity index is 1.97. The van der Waals surface area contributed by atoms with Crippen molar-refractivity contribution in [1.29, 1.82) is 0 Å². The van der Waals surface area contributed by atoms with Crippen molar-refractivity contribution in [2.75, 3.05) is 24.5 Å². The van der Waals surface area contributed by atoms with E-state index in [-0.39, 0.29) is 17.0 Å². The summed E-state index contributed by atoms with van der Waals surface area (Å²) in [5.41, 5.74) is 1.12.